The van der Waals surface area contributed by atoms with Gasteiger partial charge in [-0.1, -0.05) is 45.9 Å². The predicted octanol–water partition coefficient (Wildman–Crippen LogP) is 3.37. The Morgan fingerprint density at radius 3 is 2.19 bits per heavy atom. The summed E-state index contributed by atoms with van der Waals surface area (Å²) in [5.41, 5.74) is 4.26. The van der Waals surface area contributed by atoms with Gasteiger partial charge in [0, 0.05) is 5.75 Å². The molecule has 2 aromatic carbocycles. The third-order valence-corrected chi connectivity index (χ3v) is 5.97. The van der Waals surface area contributed by atoms with E-state index in [1.165, 1.54) is 11.1 Å². The van der Waals surface area contributed by atoms with Crippen molar-refractivity contribution in [2.24, 2.45) is 4.99 Å². The summed E-state index contributed by atoms with van der Waals surface area (Å²) < 4.78 is 16.4. The number of hydrogen-bond acceptors (Lipinski definition) is 8. The van der Waals surface area contributed by atoms with Gasteiger partial charge in [-0.2, -0.15) is 0 Å². The van der Waals surface area contributed by atoms with Gasteiger partial charge in [-0.15, -0.1) is 29.8 Å². The number of hydrogen-bond donors (Lipinski definition) is 4. The number of aliphatic hydroxyl groups is 4. The molecule has 1 saturated heterocycles. The Hall–Kier alpha value is -1.38. The summed E-state index contributed by atoms with van der Waals surface area (Å²) in [6, 6.07) is 14.9. The Balaban J connectivity index is 0.00000235. The molecule has 0 bridgehead atoms. The number of ether oxygens (including phenoxy) is 3. The molecule has 10 heteroatoms. The molecule has 0 saturated carbocycles. The van der Waals surface area contributed by atoms with Gasteiger partial charge in [0.25, 0.3) is 0 Å². The van der Waals surface area contributed by atoms with Crippen LogP contribution in [0.15, 0.2) is 41.4 Å². The van der Waals surface area contributed by atoms with E-state index in [1.54, 1.807) is 12.3 Å². The van der Waals surface area contributed by atoms with Crippen molar-refractivity contribution in [3.63, 3.8) is 0 Å². The zero-order valence-corrected chi connectivity index (χ0v) is 23.7. The Kier molecular flexibility index (Phi) is 13.7. The van der Waals surface area contributed by atoms with E-state index < -0.39 is 37.3 Å². The molecule has 0 amide bonds. The molecule has 1 fully saturated rings. The molecule has 1 aliphatic rings. The van der Waals surface area contributed by atoms with E-state index in [0.717, 1.165) is 11.3 Å². The topological polar surface area (TPSA) is 121 Å². The molecule has 208 valence electrons. The van der Waals surface area contributed by atoms with Crippen LogP contribution in [-0.2, 0) is 27.7 Å². The Bertz CT molecular complexity index is 945. The minimum atomic E-state index is -1.47. The molecule has 1 heterocycles. The number of aliphatic hydroxyl groups excluding tert-OH is 4. The second-order valence-corrected chi connectivity index (χ2v) is 9.25. The SMILES string of the molecule is CC(C)c1cccc(C(C)C)c1N=Cc1[c-]cc(OCCO[C@H]2OC(CO)[C@@H](O)[C@H](O)C2O)cc1.[Cl][Pd+]. The van der Waals surface area contributed by atoms with E-state index in [9.17, 15) is 20.4 Å². The number of halogens is 1. The molecule has 5 atom stereocenters. The van der Waals surface area contributed by atoms with Gasteiger partial charge in [-0.05, 0) is 29.2 Å². The van der Waals surface area contributed by atoms with Gasteiger partial charge in [0.2, 0.25) is 0 Å². The summed E-state index contributed by atoms with van der Waals surface area (Å²) in [6.45, 7) is 8.38. The van der Waals surface area contributed by atoms with Gasteiger partial charge in [-0.3, -0.25) is 0 Å². The van der Waals surface area contributed by atoms with Crippen LogP contribution < -0.4 is 4.74 Å². The minimum absolute atomic E-state index is 0.0653. The summed E-state index contributed by atoms with van der Waals surface area (Å²) in [4.78, 5) is 4.80. The van der Waals surface area contributed by atoms with Crippen molar-refractivity contribution >= 4 is 21.4 Å². The van der Waals surface area contributed by atoms with Crippen LogP contribution in [0.4, 0.5) is 5.69 Å². The van der Waals surface area contributed by atoms with E-state index in [4.69, 9.17) is 19.2 Å². The van der Waals surface area contributed by atoms with Gasteiger partial charge in [0.15, 0.2) is 6.29 Å². The Morgan fingerprint density at radius 1 is 1.00 bits per heavy atom. The first-order valence-electron chi connectivity index (χ1n) is 12.1. The van der Waals surface area contributed by atoms with Gasteiger partial charge in [-0.25, -0.2) is 0 Å². The first kappa shape index (κ1) is 31.8. The third kappa shape index (κ3) is 8.82. The summed E-state index contributed by atoms with van der Waals surface area (Å²) in [5.74, 6) is 1.32. The normalized spacial score (nSPS) is 23.9. The van der Waals surface area contributed by atoms with Crippen molar-refractivity contribution < 1.29 is 52.8 Å². The average molecular weight is 628 g/mol. The predicted molar refractivity (Wildman–Crippen MR) is 138 cm³/mol. The molecule has 4 N–H and O–H groups in total. The Morgan fingerprint density at radius 2 is 1.65 bits per heavy atom. The molecule has 8 nitrogen and oxygen atoms in total. The second-order valence-electron chi connectivity index (χ2n) is 9.25. The molecule has 0 radical (unpaired) electrons. The average Bonchev–Trinajstić information content (AvgIpc) is 2.91. The summed E-state index contributed by atoms with van der Waals surface area (Å²) in [6.07, 6.45) is -4.70. The van der Waals surface area contributed by atoms with Crippen molar-refractivity contribution in [1.82, 2.24) is 0 Å². The van der Waals surface area contributed by atoms with Crippen LogP contribution in [0.25, 0.3) is 0 Å². The molecule has 37 heavy (non-hydrogen) atoms. The number of rotatable bonds is 10. The maximum absolute atomic E-state index is 10.00. The van der Waals surface area contributed by atoms with Crippen LogP contribution in [0.5, 0.6) is 5.75 Å². The van der Waals surface area contributed by atoms with Crippen molar-refractivity contribution in [2.75, 3.05) is 19.8 Å². The number of aliphatic imine (C=N–C) groups is 1. The van der Waals surface area contributed by atoms with Crippen LogP contribution in [0.1, 0.15) is 56.2 Å². The maximum atomic E-state index is 10.00. The van der Waals surface area contributed by atoms with Crippen molar-refractivity contribution in [1.29, 1.82) is 0 Å². The summed E-state index contributed by atoms with van der Waals surface area (Å²) in [7, 11) is 4.49. The first-order valence-corrected chi connectivity index (χ1v) is 14.1. The third-order valence-electron chi connectivity index (χ3n) is 5.97. The number of nitrogens with zero attached hydrogens (tertiary/aromatic N) is 1. The molecule has 2 aromatic rings. The molecule has 0 spiro atoms. The quantitative estimate of drug-likeness (QED) is 0.138. The molecule has 2 unspecified atom stereocenters. The first-order chi connectivity index (χ1) is 17.7. The van der Waals surface area contributed by atoms with E-state index in [2.05, 4.69) is 79.7 Å². The van der Waals surface area contributed by atoms with Gasteiger partial charge < -0.3 is 39.6 Å². The standard InChI is InChI=1S/C27H36NO7.ClH.Pd/c1-16(2)20-6-5-7-21(17(3)4)23(20)28-14-18-8-10-19(11-9-18)33-12-13-34-27-26(32)25(31)24(30)22(15-29)35-27;;/h5-8,10-11,14,16-17,22,24-27,29-32H,12-13,15H2,1-4H3;1H;/q-1;;+2/p-1/t22?,24-,25+,26?,27+;;/m1../s1. The van der Waals surface area contributed by atoms with Crippen LogP contribution in [0.2, 0.25) is 0 Å². The van der Waals surface area contributed by atoms with E-state index in [1.807, 2.05) is 12.1 Å². The fourth-order valence-electron chi connectivity index (χ4n) is 3.92. The van der Waals surface area contributed by atoms with Crippen molar-refractivity contribution in [3.05, 3.63) is 59.2 Å². The molecule has 0 aromatic heterocycles. The van der Waals surface area contributed by atoms with Gasteiger partial charge in [0.1, 0.15) is 24.4 Å². The Labute approximate surface area is 233 Å². The monoisotopic (exact) mass is 627 g/mol. The zero-order chi connectivity index (χ0) is 27.5. The van der Waals surface area contributed by atoms with Crippen molar-refractivity contribution in [3.8, 4) is 5.75 Å². The molecule has 0 aliphatic carbocycles. The molecular formula is C27H36ClNO7Pd. The van der Waals surface area contributed by atoms with Gasteiger partial charge in [0.05, 0.1) is 25.5 Å². The van der Waals surface area contributed by atoms with Gasteiger partial charge >= 0.3 is 27.7 Å². The number of benzene rings is 2. The summed E-state index contributed by atoms with van der Waals surface area (Å²) in [5, 5.41) is 38.9. The molecule has 3 rings (SSSR count). The molecular weight excluding hydrogens is 592 g/mol. The van der Waals surface area contributed by atoms with E-state index in [0.29, 0.717) is 17.6 Å². The fraction of sp³-hybridized carbons (Fsp3) is 0.519. The number of para-hydroxylation sites is 1. The zero-order valence-electron chi connectivity index (χ0n) is 21.4. The summed E-state index contributed by atoms with van der Waals surface area (Å²) >= 11 is 2.22. The van der Waals surface area contributed by atoms with Crippen LogP contribution in [0, 0.1) is 6.07 Å². The van der Waals surface area contributed by atoms with E-state index >= 15 is 0 Å². The fourth-order valence-corrected chi connectivity index (χ4v) is 3.92. The van der Waals surface area contributed by atoms with Crippen LogP contribution >= 0.6 is 9.53 Å². The second kappa shape index (κ2) is 15.9. The molecule has 1 aliphatic heterocycles. The van der Waals surface area contributed by atoms with Crippen molar-refractivity contribution in [2.45, 2.75) is 70.2 Å². The van der Waals surface area contributed by atoms with E-state index in [-0.39, 0.29) is 13.2 Å². The van der Waals surface area contributed by atoms with Crippen LogP contribution in [-0.4, -0.2) is 77.2 Å². The van der Waals surface area contributed by atoms with Crippen LogP contribution in [0.3, 0.4) is 0 Å².